The molecule has 1 aliphatic rings. The molecule has 1 rings (SSSR count). The SMILES string of the molecule is CCNC(=O)NC1CC(C)(C)CC(C)(O)C1. The molecule has 0 heterocycles. The topological polar surface area (TPSA) is 61.4 Å². The minimum atomic E-state index is -0.675. The summed E-state index contributed by atoms with van der Waals surface area (Å²) in [6.45, 7) is 8.62. The van der Waals surface area contributed by atoms with E-state index in [1.807, 2.05) is 13.8 Å². The van der Waals surface area contributed by atoms with Gasteiger partial charge in [-0.15, -0.1) is 0 Å². The van der Waals surface area contributed by atoms with Gasteiger partial charge in [-0.25, -0.2) is 4.79 Å². The number of nitrogens with one attached hydrogen (secondary N) is 2. The van der Waals surface area contributed by atoms with E-state index in [9.17, 15) is 9.90 Å². The maximum Gasteiger partial charge on any atom is 0.314 e. The highest BCUT2D eigenvalue weighted by atomic mass is 16.3. The van der Waals surface area contributed by atoms with E-state index >= 15 is 0 Å². The van der Waals surface area contributed by atoms with Crippen LogP contribution in [0.2, 0.25) is 0 Å². The van der Waals surface area contributed by atoms with Crippen molar-refractivity contribution in [2.75, 3.05) is 6.54 Å². The van der Waals surface area contributed by atoms with Crippen LogP contribution in [0.1, 0.15) is 47.0 Å². The molecule has 0 spiro atoms. The van der Waals surface area contributed by atoms with Gasteiger partial charge in [-0.1, -0.05) is 13.8 Å². The van der Waals surface area contributed by atoms with E-state index in [1.54, 1.807) is 0 Å². The summed E-state index contributed by atoms with van der Waals surface area (Å²) < 4.78 is 0. The number of amides is 2. The molecule has 0 radical (unpaired) electrons. The van der Waals surface area contributed by atoms with Crippen molar-refractivity contribution in [3.8, 4) is 0 Å². The number of rotatable bonds is 2. The predicted molar refractivity (Wildman–Crippen MR) is 64.3 cm³/mol. The van der Waals surface area contributed by atoms with E-state index in [1.165, 1.54) is 0 Å². The Morgan fingerprint density at radius 2 is 2.00 bits per heavy atom. The Balaban J connectivity index is 2.57. The van der Waals surface area contributed by atoms with Crippen molar-refractivity contribution in [1.29, 1.82) is 0 Å². The van der Waals surface area contributed by atoms with Crippen molar-refractivity contribution in [3.63, 3.8) is 0 Å². The quantitative estimate of drug-likeness (QED) is 0.673. The Morgan fingerprint density at radius 1 is 1.38 bits per heavy atom. The van der Waals surface area contributed by atoms with Crippen LogP contribution in [0.4, 0.5) is 4.79 Å². The van der Waals surface area contributed by atoms with Crippen LogP contribution in [0.3, 0.4) is 0 Å². The molecule has 2 unspecified atom stereocenters. The smallest absolute Gasteiger partial charge is 0.314 e. The maximum absolute atomic E-state index is 11.4. The number of carbonyl (C=O) groups excluding carboxylic acids is 1. The van der Waals surface area contributed by atoms with Gasteiger partial charge in [-0.05, 0) is 38.5 Å². The second-order valence-electron chi connectivity index (χ2n) is 5.95. The monoisotopic (exact) mass is 228 g/mol. The largest absolute Gasteiger partial charge is 0.390 e. The van der Waals surface area contributed by atoms with Gasteiger partial charge in [0.05, 0.1) is 5.60 Å². The van der Waals surface area contributed by atoms with Crippen molar-refractivity contribution >= 4 is 6.03 Å². The Bertz CT molecular complexity index is 246. The maximum atomic E-state index is 11.4. The second-order valence-corrected chi connectivity index (χ2v) is 5.95. The predicted octanol–water partition coefficient (Wildman–Crippen LogP) is 1.64. The van der Waals surface area contributed by atoms with E-state index < -0.39 is 5.60 Å². The van der Waals surface area contributed by atoms with Crippen molar-refractivity contribution in [1.82, 2.24) is 10.6 Å². The molecule has 0 bridgehead atoms. The number of hydrogen-bond donors (Lipinski definition) is 3. The Hall–Kier alpha value is -0.770. The Kier molecular flexibility index (Phi) is 3.84. The third-order valence-electron chi connectivity index (χ3n) is 3.02. The lowest BCUT2D eigenvalue weighted by Gasteiger charge is -2.43. The van der Waals surface area contributed by atoms with Gasteiger partial charge in [-0.2, -0.15) is 0 Å². The zero-order valence-corrected chi connectivity index (χ0v) is 10.8. The van der Waals surface area contributed by atoms with Gasteiger partial charge in [0.25, 0.3) is 0 Å². The highest BCUT2D eigenvalue weighted by Crippen LogP contribution is 2.40. The first kappa shape index (κ1) is 13.3. The fourth-order valence-corrected chi connectivity index (χ4v) is 2.94. The molecule has 94 valence electrons. The lowest BCUT2D eigenvalue weighted by molar-refractivity contribution is -0.0347. The van der Waals surface area contributed by atoms with E-state index in [0.717, 1.165) is 12.8 Å². The highest BCUT2D eigenvalue weighted by molar-refractivity contribution is 5.74. The summed E-state index contributed by atoms with van der Waals surface area (Å²) in [5.74, 6) is 0. The van der Waals surface area contributed by atoms with Crippen molar-refractivity contribution in [3.05, 3.63) is 0 Å². The zero-order valence-electron chi connectivity index (χ0n) is 10.8. The molecule has 0 aromatic carbocycles. The molecule has 3 N–H and O–H groups in total. The van der Waals surface area contributed by atoms with Crippen LogP contribution in [-0.4, -0.2) is 29.3 Å². The van der Waals surface area contributed by atoms with Crippen LogP contribution in [0, 0.1) is 5.41 Å². The first-order chi connectivity index (χ1) is 7.24. The molecular formula is C12H24N2O2. The zero-order chi connectivity index (χ0) is 12.4. The fourth-order valence-electron chi connectivity index (χ4n) is 2.94. The summed E-state index contributed by atoms with van der Waals surface area (Å²) in [4.78, 5) is 11.4. The van der Waals surface area contributed by atoms with E-state index in [-0.39, 0.29) is 17.5 Å². The normalized spacial score (nSPS) is 33.2. The molecule has 1 saturated carbocycles. The lowest BCUT2D eigenvalue weighted by Crippen LogP contribution is -2.51. The highest BCUT2D eigenvalue weighted by Gasteiger charge is 2.40. The molecular weight excluding hydrogens is 204 g/mol. The average molecular weight is 228 g/mol. The molecule has 4 nitrogen and oxygen atoms in total. The summed E-state index contributed by atoms with van der Waals surface area (Å²) in [5, 5.41) is 15.8. The van der Waals surface area contributed by atoms with Crippen molar-refractivity contribution in [2.45, 2.75) is 58.6 Å². The van der Waals surface area contributed by atoms with Crippen LogP contribution in [0.15, 0.2) is 0 Å². The lowest BCUT2D eigenvalue weighted by atomic mass is 9.68. The van der Waals surface area contributed by atoms with Crippen LogP contribution in [0.25, 0.3) is 0 Å². The average Bonchev–Trinajstić information content (AvgIpc) is 1.96. The van der Waals surface area contributed by atoms with E-state index in [4.69, 9.17) is 0 Å². The van der Waals surface area contributed by atoms with Crippen LogP contribution in [-0.2, 0) is 0 Å². The first-order valence-corrected chi connectivity index (χ1v) is 6.01. The van der Waals surface area contributed by atoms with Gasteiger partial charge in [0.1, 0.15) is 0 Å². The summed E-state index contributed by atoms with van der Waals surface area (Å²) in [7, 11) is 0. The van der Waals surface area contributed by atoms with Gasteiger partial charge in [-0.3, -0.25) is 0 Å². The van der Waals surface area contributed by atoms with Gasteiger partial charge >= 0.3 is 6.03 Å². The molecule has 1 aliphatic carbocycles. The Labute approximate surface area is 97.8 Å². The standard InChI is InChI=1S/C12H24N2O2/c1-5-13-10(15)14-9-6-11(2,3)8-12(4,16)7-9/h9,16H,5-8H2,1-4H3,(H2,13,14,15). The minimum absolute atomic E-state index is 0.0605. The minimum Gasteiger partial charge on any atom is -0.390 e. The van der Waals surface area contributed by atoms with Gasteiger partial charge in [0.15, 0.2) is 0 Å². The molecule has 1 fully saturated rings. The summed E-state index contributed by atoms with van der Waals surface area (Å²) >= 11 is 0. The molecule has 16 heavy (non-hydrogen) atoms. The number of carbonyl (C=O) groups is 1. The number of aliphatic hydroxyl groups is 1. The van der Waals surface area contributed by atoms with Gasteiger partial charge in [0.2, 0.25) is 0 Å². The van der Waals surface area contributed by atoms with Crippen molar-refractivity contribution in [2.24, 2.45) is 5.41 Å². The second kappa shape index (κ2) is 4.62. The Morgan fingerprint density at radius 3 is 2.50 bits per heavy atom. The molecule has 4 heteroatoms. The molecule has 0 aliphatic heterocycles. The molecule has 0 aromatic rings. The summed E-state index contributed by atoms with van der Waals surface area (Å²) in [5.41, 5.74) is -0.599. The van der Waals surface area contributed by atoms with Crippen LogP contribution < -0.4 is 10.6 Å². The van der Waals surface area contributed by atoms with Gasteiger partial charge < -0.3 is 15.7 Å². The molecule has 2 amide bonds. The summed E-state index contributed by atoms with van der Waals surface area (Å²) in [6, 6.07) is -0.0775. The summed E-state index contributed by atoms with van der Waals surface area (Å²) in [6.07, 6.45) is 2.33. The number of hydrogen-bond acceptors (Lipinski definition) is 2. The van der Waals surface area contributed by atoms with E-state index in [0.29, 0.717) is 13.0 Å². The van der Waals surface area contributed by atoms with Crippen LogP contribution >= 0.6 is 0 Å². The third kappa shape index (κ3) is 4.00. The van der Waals surface area contributed by atoms with Crippen LogP contribution in [0.5, 0.6) is 0 Å². The molecule has 0 saturated heterocycles. The number of urea groups is 1. The molecule has 0 aromatic heterocycles. The molecule has 2 atom stereocenters. The van der Waals surface area contributed by atoms with Crippen molar-refractivity contribution < 1.29 is 9.90 Å². The van der Waals surface area contributed by atoms with Gasteiger partial charge in [0, 0.05) is 12.6 Å². The fraction of sp³-hybridized carbons (Fsp3) is 0.917. The first-order valence-electron chi connectivity index (χ1n) is 6.01. The third-order valence-corrected chi connectivity index (χ3v) is 3.02. The van der Waals surface area contributed by atoms with E-state index in [2.05, 4.69) is 24.5 Å².